The number of hydrogen-bond acceptors (Lipinski definition) is 5. The van der Waals surface area contributed by atoms with Crippen molar-refractivity contribution in [3.05, 3.63) is 119 Å². The fourth-order valence-electron chi connectivity index (χ4n) is 4.80. The molecule has 0 fully saturated rings. The van der Waals surface area contributed by atoms with E-state index in [1.54, 1.807) is 30.3 Å². The van der Waals surface area contributed by atoms with Crippen LogP contribution in [0.4, 0.5) is 11.4 Å². The highest BCUT2D eigenvalue weighted by Crippen LogP contribution is 2.31. The van der Waals surface area contributed by atoms with Gasteiger partial charge in [-0.3, -0.25) is 9.59 Å². The Morgan fingerprint density at radius 2 is 1.71 bits per heavy atom. The van der Waals surface area contributed by atoms with Gasteiger partial charge in [0.15, 0.2) is 0 Å². The van der Waals surface area contributed by atoms with E-state index in [4.69, 9.17) is 4.98 Å². The Morgan fingerprint density at radius 3 is 2.50 bits per heavy atom. The van der Waals surface area contributed by atoms with Crippen molar-refractivity contribution in [1.82, 2.24) is 19.9 Å². The lowest BCUT2D eigenvalue weighted by atomic mass is 10.0. The van der Waals surface area contributed by atoms with Crippen LogP contribution in [0.15, 0.2) is 91.3 Å². The maximum absolute atomic E-state index is 12.9. The average Bonchev–Trinajstić information content (AvgIpc) is 3.40. The van der Waals surface area contributed by atoms with E-state index in [-0.39, 0.29) is 11.8 Å². The van der Waals surface area contributed by atoms with E-state index in [9.17, 15) is 9.59 Å². The number of likely N-dealkylation sites (N-methyl/N-ethyl adjacent to an activating group) is 1. The molecule has 3 N–H and O–H groups in total. The molecule has 5 rings (SSSR count). The number of carbonyl (C=O) groups is 2. The van der Waals surface area contributed by atoms with Gasteiger partial charge < -0.3 is 20.5 Å². The topological polar surface area (TPSA) is 103 Å². The number of aromatic nitrogens is 3. The summed E-state index contributed by atoms with van der Waals surface area (Å²) in [6.45, 7) is 4.81. The van der Waals surface area contributed by atoms with E-state index >= 15 is 0 Å². The van der Waals surface area contributed by atoms with E-state index in [0.29, 0.717) is 35.7 Å². The summed E-state index contributed by atoms with van der Waals surface area (Å²) in [5.41, 5.74) is 8.04. The van der Waals surface area contributed by atoms with Crippen molar-refractivity contribution in [2.24, 2.45) is 0 Å². The van der Waals surface area contributed by atoms with Crippen LogP contribution in [-0.4, -0.2) is 52.3 Å². The van der Waals surface area contributed by atoms with Gasteiger partial charge in [-0.15, -0.1) is 0 Å². The third kappa shape index (κ3) is 6.79. The molecule has 42 heavy (non-hydrogen) atoms. The van der Waals surface area contributed by atoms with Gasteiger partial charge in [0.05, 0.1) is 5.69 Å². The first kappa shape index (κ1) is 28.4. The molecule has 3 aromatic carbocycles. The summed E-state index contributed by atoms with van der Waals surface area (Å²) in [5, 5.41) is 6.93. The molecular weight excluding hydrogens is 524 g/mol. The molecule has 0 saturated heterocycles. The smallest absolute Gasteiger partial charge is 0.255 e. The Hall–Kier alpha value is -5.08. The number of fused-ring (bicyclic) bond motifs is 1. The third-order valence-corrected chi connectivity index (χ3v) is 6.89. The summed E-state index contributed by atoms with van der Waals surface area (Å²) in [6, 6.07) is 20.7. The van der Waals surface area contributed by atoms with Crippen LogP contribution in [-0.2, 0) is 11.2 Å². The van der Waals surface area contributed by atoms with Crippen molar-refractivity contribution in [3.8, 4) is 11.3 Å². The monoisotopic (exact) mass is 558 g/mol. The first-order valence-electron chi connectivity index (χ1n) is 13.8. The van der Waals surface area contributed by atoms with Crippen molar-refractivity contribution < 1.29 is 9.59 Å². The standard InChI is InChI=1S/C34H34N6O2/c1-22-8-5-11-29-32(22)28(21-35-29)33-23(2)20-36-30(39-33)19-24-9-6-10-27(18-24)38-34(42)25-13-15-26(16-14-25)37-31(41)12-7-17-40(3)4/h5-16,18,20-21,35H,17,19H2,1-4H3,(H,37,41)(H,38,42)/b12-7+. The predicted octanol–water partition coefficient (Wildman–Crippen LogP) is 6.14. The lowest BCUT2D eigenvalue weighted by Crippen LogP contribution is -2.14. The maximum atomic E-state index is 12.9. The second-order valence-corrected chi connectivity index (χ2v) is 10.6. The summed E-state index contributed by atoms with van der Waals surface area (Å²) in [7, 11) is 3.87. The fraction of sp³-hybridized carbons (Fsp3) is 0.176. The zero-order valence-electron chi connectivity index (χ0n) is 24.2. The molecule has 0 saturated carbocycles. The molecule has 2 amide bonds. The molecule has 0 spiro atoms. The Balaban J connectivity index is 1.26. The van der Waals surface area contributed by atoms with Gasteiger partial charge in [-0.05, 0) is 87.1 Å². The number of aryl methyl sites for hydroxylation is 2. The Labute approximate surface area is 245 Å². The lowest BCUT2D eigenvalue weighted by molar-refractivity contribution is -0.111. The van der Waals surface area contributed by atoms with Crippen LogP contribution in [0.3, 0.4) is 0 Å². The number of aromatic amines is 1. The largest absolute Gasteiger partial charge is 0.360 e. The van der Waals surface area contributed by atoms with E-state index < -0.39 is 0 Å². The van der Waals surface area contributed by atoms with Gasteiger partial charge in [0, 0.05) is 64.8 Å². The van der Waals surface area contributed by atoms with E-state index in [0.717, 1.165) is 27.9 Å². The molecule has 0 aliphatic rings. The van der Waals surface area contributed by atoms with Crippen molar-refractivity contribution in [2.45, 2.75) is 20.3 Å². The van der Waals surface area contributed by atoms with Crippen LogP contribution in [0.2, 0.25) is 0 Å². The average molecular weight is 559 g/mol. The normalized spacial score (nSPS) is 11.4. The molecule has 0 aliphatic carbocycles. The first-order valence-corrected chi connectivity index (χ1v) is 13.8. The summed E-state index contributed by atoms with van der Waals surface area (Å²) >= 11 is 0. The van der Waals surface area contributed by atoms with Gasteiger partial charge in [0.1, 0.15) is 5.82 Å². The van der Waals surface area contributed by atoms with E-state index in [1.807, 2.05) is 68.6 Å². The second-order valence-electron chi connectivity index (χ2n) is 10.6. The number of amides is 2. The molecule has 0 unspecified atom stereocenters. The third-order valence-electron chi connectivity index (χ3n) is 6.89. The Bertz CT molecular complexity index is 1770. The summed E-state index contributed by atoms with van der Waals surface area (Å²) in [4.78, 5) is 39.9. The minimum absolute atomic E-state index is 0.216. The molecule has 8 nitrogen and oxygen atoms in total. The van der Waals surface area contributed by atoms with Gasteiger partial charge in [-0.25, -0.2) is 9.97 Å². The van der Waals surface area contributed by atoms with Crippen LogP contribution < -0.4 is 10.6 Å². The fourth-order valence-corrected chi connectivity index (χ4v) is 4.80. The summed E-state index contributed by atoms with van der Waals surface area (Å²) < 4.78 is 0. The molecule has 0 aliphatic heterocycles. The summed E-state index contributed by atoms with van der Waals surface area (Å²) in [6.07, 6.45) is 7.69. The molecule has 0 atom stereocenters. The zero-order valence-corrected chi connectivity index (χ0v) is 24.2. The minimum Gasteiger partial charge on any atom is -0.360 e. The molecular formula is C34H34N6O2. The molecule has 2 aromatic heterocycles. The van der Waals surface area contributed by atoms with E-state index in [2.05, 4.69) is 39.7 Å². The van der Waals surface area contributed by atoms with Crippen molar-refractivity contribution in [3.63, 3.8) is 0 Å². The number of carbonyl (C=O) groups excluding carboxylic acids is 2. The first-order chi connectivity index (χ1) is 20.3. The number of anilines is 2. The highest BCUT2D eigenvalue weighted by Gasteiger charge is 2.14. The van der Waals surface area contributed by atoms with Gasteiger partial charge >= 0.3 is 0 Å². The molecule has 8 heteroatoms. The molecule has 0 bridgehead atoms. The Morgan fingerprint density at radius 1 is 0.929 bits per heavy atom. The maximum Gasteiger partial charge on any atom is 0.255 e. The Kier molecular flexibility index (Phi) is 8.55. The van der Waals surface area contributed by atoms with Crippen LogP contribution >= 0.6 is 0 Å². The molecule has 5 aromatic rings. The number of hydrogen-bond donors (Lipinski definition) is 3. The van der Waals surface area contributed by atoms with Crippen LogP contribution in [0.25, 0.3) is 22.2 Å². The highest BCUT2D eigenvalue weighted by molar-refractivity contribution is 6.05. The number of nitrogens with zero attached hydrogens (tertiary/aromatic N) is 3. The van der Waals surface area contributed by atoms with Gasteiger partial charge in [0.25, 0.3) is 5.91 Å². The molecule has 0 radical (unpaired) electrons. The van der Waals surface area contributed by atoms with Crippen molar-refractivity contribution >= 4 is 34.1 Å². The SMILES string of the molecule is Cc1cnc(Cc2cccc(NC(=O)c3ccc(NC(=O)/C=C/CN(C)C)cc3)c2)nc1-c1c[nH]c2cccc(C)c12. The molecule has 212 valence electrons. The number of rotatable bonds is 9. The molecule has 2 heterocycles. The van der Waals surface area contributed by atoms with Crippen molar-refractivity contribution in [2.75, 3.05) is 31.3 Å². The number of H-pyrrole nitrogens is 1. The van der Waals surface area contributed by atoms with Gasteiger partial charge in [-0.1, -0.05) is 30.3 Å². The second kappa shape index (κ2) is 12.6. The quantitative estimate of drug-likeness (QED) is 0.189. The van der Waals surface area contributed by atoms with Gasteiger partial charge in [-0.2, -0.15) is 0 Å². The lowest BCUT2D eigenvalue weighted by Gasteiger charge is -2.10. The van der Waals surface area contributed by atoms with Gasteiger partial charge in [0.2, 0.25) is 5.91 Å². The zero-order chi connectivity index (χ0) is 29.6. The highest BCUT2D eigenvalue weighted by atomic mass is 16.2. The van der Waals surface area contributed by atoms with Crippen molar-refractivity contribution in [1.29, 1.82) is 0 Å². The predicted molar refractivity (Wildman–Crippen MR) is 169 cm³/mol. The number of nitrogens with one attached hydrogen (secondary N) is 3. The summed E-state index contributed by atoms with van der Waals surface area (Å²) in [5.74, 6) is 0.253. The van der Waals surface area contributed by atoms with Crippen LogP contribution in [0, 0.1) is 13.8 Å². The minimum atomic E-state index is -0.237. The van der Waals surface area contributed by atoms with E-state index in [1.165, 1.54) is 17.0 Å². The van der Waals surface area contributed by atoms with Crippen LogP contribution in [0.5, 0.6) is 0 Å². The van der Waals surface area contributed by atoms with Crippen LogP contribution in [0.1, 0.15) is 32.9 Å². The number of benzene rings is 3.